The number of carbonyl (C=O) groups excluding carboxylic acids is 3. The maximum absolute atomic E-state index is 13.6. The van der Waals surface area contributed by atoms with Gasteiger partial charge in [0.25, 0.3) is 5.91 Å². The molecule has 0 unspecified atom stereocenters. The van der Waals surface area contributed by atoms with Crippen LogP contribution in [0.5, 0.6) is 0 Å². The molecule has 184 valence electrons. The fourth-order valence-corrected chi connectivity index (χ4v) is 5.55. The minimum absolute atomic E-state index is 0.000466. The zero-order chi connectivity index (χ0) is 24.5. The number of amides is 3. The van der Waals surface area contributed by atoms with Gasteiger partial charge in [0, 0.05) is 30.9 Å². The zero-order valence-electron chi connectivity index (χ0n) is 20.7. The summed E-state index contributed by atoms with van der Waals surface area (Å²) in [6.07, 6.45) is 6.01. The van der Waals surface area contributed by atoms with Crippen LogP contribution in [-0.2, 0) is 9.59 Å². The molecule has 0 radical (unpaired) electrons. The second-order valence-electron chi connectivity index (χ2n) is 9.98. The lowest BCUT2D eigenvalue weighted by molar-refractivity contribution is -0.123. The van der Waals surface area contributed by atoms with E-state index in [0.29, 0.717) is 11.3 Å². The first-order chi connectivity index (χ1) is 16.9. The van der Waals surface area contributed by atoms with Gasteiger partial charge in [-0.1, -0.05) is 12.1 Å². The Balaban J connectivity index is 1.45. The Bertz CT molecular complexity index is 1150. The van der Waals surface area contributed by atoms with Crippen LogP contribution in [-0.4, -0.2) is 54.8 Å². The van der Waals surface area contributed by atoms with Crippen LogP contribution in [0.15, 0.2) is 36.4 Å². The number of benzene rings is 2. The van der Waals surface area contributed by atoms with Gasteiger partial charge in [-0.3, -0.25) is 19.3 Å². The first kappa shape index (κ1) is 23.4. The van der Waals surface area contributed by atoms with Gasteiger partial charge in [-0.05, 0) is 87.8 Å². The Kier molecular flexibility index (Phi) is 6.50. The molecule has 3 amide bonds. The van der Waals surface area contributed by atoms with E-state index >= 15 is 0 Å². The van der Waals surface area contributed by atoms with Crippen LogP contribution in [0.4, 0.5) is 17.1 Å². The number of hydrogen-bond donors (Lipinski definition) is 1. The van der Waals surface area contributed by atoms with Crippen LogP contribution in [0, 0.1) is 13.8 Å². The lowest BCUT2D eigenvalue weighted by atomic mass is 9.95. The van der Waals surface area contributed by atoms with Crippen molar-refractivity contribution >= 4 is 34.8 Å². The fraction of sp³-hybridized carbons (Fsp3) is 0.464. The fourth-order valence-electron chi connectivity index (χ4n) is 5.55. The summed E-state index contributed by atoms with van der Waals surface area (Å²) in [5.41, 5.74) is 5.04. The summed E-state index contributed by atoms with van der Waals surface area (Å²) >= 11 is 0. The minimum atomic E-state index is -0.256. The van der Waals surface area contributed by atoms with Gasteiger partial charge in [-0.25, -0.2) is 0 Å². The smallest absolute Gasteiger partial charge is 0.253 e. The highest BCUT2D eigenvalue weighted by atomic mass is 16.2. The number of likely N-dealkylation sites (tertiary alicyclic amines) is 1. The third-order valence-corrected chi connectivity index (χ3v) is 7.70. The Morgan fingerprint density at radius 3 is 2.51 bits per heavy atom. The molecule has 35 heavy (non-hydrogen) atoms. The van der Waals surface area contributed by atoms with Gasteiger partial charge >= 0.3 is 0 Å². The highest BCUT2D eigenvalue weighted by Crippen LogP contribution is 2.40. The molecule has 3 aliphatic rings. The molecule has 2 saturated heterocycles. The van der Waals surface area contributed by atoms with E-state index in [1.807, 2.05) is 55.1 Å². The Hall–Kier alpha value is -3.35. The normalized spacial score (nSPS) is 19.8. The molecule has 5 rings (SSSR count). The SMILES string of the molecule is Cc1cccc(NC(=O)CN2C(=O)[C@H]3CCCCN3c3ccc(C(=O)N4CCCCC4)cc32)c1C. The molecule has 1 atom stereocenters. The summed E-state index contributed by atoms with van der Waals surface area (Å²) in [6, 6.07) is 11.2. The molecule has 7 nitrogen and oxygen atoms in total. The molecule has 3 aliphatic heterocycles. The average molecular weight is 475 g/mol. The molecular formula is C28H34N4O3. The van der Waals surface area contributed by atoms with E-state index in [1.165, 1.54) is 0 Å². The van der Waals surface area contributed by atoms with Crippen molar-refractivity contribution in [2.24, 2.45) is 0 Å². The average Bonchev–Trinajstić information content (AvgIpc) is 2.89. The number of nitrogens with one attached hydrogen (secondary N) is 1. The number of rotatable bonds is 4. The van der Waals surface area contributed by atoms with Gasteiger partial charge in [0.05, 0.1) is 11.4 Å². The molecule has 3 heterocycles. The maximum Gasteiger partial charge on any atom is 0.253 e. The molecule has 2 fully saturated rings. The molecule has 2 aromatic rings. The number of piperidine rings is 2. The lowest BCUT2D eigenvalue weighted by Crippen LogP contribution is -2.56. The molecule has 0 saturated carbocycles. The van der Waals surface area contributed by atoms with Crippen LogP contribution in [0.25, 0.3) is 0 Å². The third-order valence-electron chi connectivity index (χ3n) is 7.70. The van der Waals surface area contributed by atoms with E-state index in [2.05, 4.69) is 10.2 Å². The third kappa shape index (κ3) is 4.51. The summed E-state index contributed by atoms with van der Waals surface area (Å²) in [6.45, 7) is 6.25. The van der Waals surface area contributed by atoms with E-state index in [0.717, 1.165) is 80.7 Å². The summed E-state index contributed by atoms with van der Waals surface area (Å²) in [5.74, 6) is -0.300. The number of hydrogen-bond acceptors (Lipinski definition) is 4. The van der Waals surface area contributed by atoms with Crippen molar-refractivity contribution in [3.63, 3.8) is 0 Å². The van der Waals surface area contributed by atoms with E-state index in [1.54, 1.807) is 4.90 Å². The number of anilines is 3. The van der Waals surface area contributed by atoms with Gasteiger partial charge in [0.1, 0.15) is 12.6 Å². The molecular weight excluding hydrogens is 440 g/mol. The van der Waals surface area contributed by atoms with Crippen molar-refractivity contribution in [1.29, 1.82) is 0 Å². The van der Waals surface area contributed by atoms with Crippen molar-refractivity contribution in [1.82, 2.24) is 4.90 Å². The predicted octanol–water partition coefficient (Wildman–Crippen LogP) is 4.27. The van der Waals surface area contributed by atoms with Crippen molar-refractivity contribution in [3.8, 4) is 0 Å². The molecule has 7 heteroatoms. The second-order valence-corrected chi connectivity index (χ2v) is 9.98. The van der Waals surface area contributed by atoms with Gasteiger partial charge in [0.15, 0.2) is 0 Å². The van der Waals surface area contributed by atoms with E-state index in [4.69, 9.17) is 0 Å². The minimum Gasteiger partial charge on any atom is -0.358 e. The van der Waals surface area contributed by atoms with Crippen LogP contribution < -0.4 is 15.1 Å². The molecule has 2 aromatic carbocycles. The summed E-state index contributed by atoms with van der Waals surface area (Å²) in [7, 11) is 0. The zero-order valence-corrected chi connectivity index (χ0v) is 20.7. The van der Waals surface area contributed by atoms with E-state index < -0.39 is 0 Å². The van der Waals surface area contributed by atoms with Crippen molar-refractivity contribution < 1.29 is 14.4 Å². The highest BCUT2D eigenvalue weighted by molar-refractivity contribution is 6.11. The number of fused-ring (bicyclic) bond motifs is 3. The van der Waals surface area contributed by atoms with E-state index in [-0.39, 0.29) is 30.3 Å². The molecule has 0 bridgehead atoms. The predicted molar refractivity (Wildman–Crippen MR) is 138 cm³/mol. The maximum atomic E-state index is 13.6. The summed E-state index contributed by atoms with van der Waals surface area (Å²) < 4.78 is 0. The number of aryl methyl sites for hydroxylation is 1. The quantitative estimate of drug-likeness (QED) is 0.718. The second kappa shape index (κ2) is 9.72. The molecule has 0 aromatic heterocycles. The standard InChI is InChI=1S/C28H34N4O3/c1-19-9-8-10-22(20(19)2)29-26(33)18-32-25-17-21(27(34)30-14-5-3-6-15-30)12-13-23(25)31-16-7-4-11-24(31)28(32)35/h8-10,12-13,17,24H,3-7,11,14-16,18H2,1-2H3,(H,29,33)/t24-/m1/s1. The first-order valence-electron chi connectivity index (χ1n) is 12.8. The monoisotopic (exact) mass is 474 g/mol. The van der Waals surface area contributed by atoms with Gasteiger partial charge in [-0.15, -0.1) is 0 Å². The Morgan fingerprint density at radius 1 is 0.943 bits per heavy atom. The van der Waals surface area contributed by atoms with E-state index in [9.17, 15) is 14.4 Å². The van der Waals surface area contributed by atoms with Crippen molar-refractivity contribution in [3.05, 3.63) is 53.1 Å². The Morgan fingerprint density at radius 2 is 1.71 bits per heavy atom. The van der Waals surface area contributed by atoms with Crippen LogP contribution in [0.1, 0.15) is 60.0 Å². The summed E-state index contributed by atoms with van der Waals surface area (Å²) in [4.78, 5) is 45.6. The van der Waals surface area contributed by atoms with Crippen LogP contribution in [0.3, 0.4) is 0 Å². The van der Waals surface area contributed by atoms with Gasteiger partial charge in [-0.2, -0.15) is 0 Å². The molecule has 1 N–H and O–H groups in total. The molecule has 0 spiro atoms. The van der Waals surface area contributed by atoms with Gasteiger partial charge in [0.2, 0.25) is 11.8 Å². The highest BCUT2D eigenvalue weighted by Gasteiger charge is 2.40. The van der Waals surface area contributed by atoms with Crippen molar-refractivity contribution in [2.45, 2.75) is 58.4 Å². The largest absolute Gasteiger partial charge is 0.358 e. The first-order valence-corrected chi connectivity index (χ1v) is 12.8. The summed E-state index contributed by atoms with van der Waals surface area (Å²) in [5, 5.41) is 2.99. The molecule has 0 aliphatic carbocycles. The van der Waals surface area contributed by atoms with Crippen LogP contribution in [0.2, 0.25) is 0 Å². The van der Waals surface area contributed by atoms with Crippen molar-refractivity contribution in [2.75, 3.05) is 41.3 Å². The topological polar surface area (TPSA) is 73.0 Å². The Labute approximate surface area is 207 Å². The van der Waals surface area contributed by atoms with Gasteiger partial charge < -0.3 is 15.1 Å². The number of nitrogens with zero attached hydrogens (tertiary/aromatic N) is 3. The number of carbonyl (C=O) groups is 3. The lowest BCUT2D eigenvalue weighted by Gasteiger charge is -2.45. The van der Waals surface area contributed by atoms with Crippen LogP contribution >= 0.6 is 0 Å².